The molecule has 0 N–H and O–H groups in total. The molecule has 2 aromatic carbocycles. The Kier molecular flexibility index (Phi) is 7.12. The third-order valence-corrected chi connectivity index (χ3v) is 6.91. The summed E-state index contributed by atoms with van der Waals surface area (Å²) in [5, 5.41) is 4.53. The fourth-order valence-electron chi connectivity index (χ4n) is 5.05. The Morgan fingerprint density at radius 2 is 1.97 bits per heavy atom. The smallest absolute Gasteiger partial charge is 0.150 e. The molecular formula is C30H34FN5O. The first-order valence-electron chi connectivity index (χ1n) is 13.0. The summed E-state index contributed by atoms with van der Waals surface area (Å²) in [5.74, 6) is 1.52. The molecule has 3 heterocycles. The standard InChI is InChI=1S/C30H34FN5O/c1-5-6-9-27-22(3)36(26-13-11-25(31)12-14-26)35-16-7-8-24(30(35)33-27)17-23-10-15-28(29(18-23)37-4)34-19-21(2)32-20-34/h9-15,17-20,22H,5-8,16H2,1-4H3/b24-17+,27-9+. The summed E-state index contributed by atoms with van der Waals surface area (Å²) in [6.07, 6.45) is 12.2. The van der Waals surface area contributed by atoms with E-state index >= 15 is 0 Å². The highest BCUT2D eigenvalue weighted by Gasteiger charge is 2.35. The van der Waals surface area contributed by atoms with E-state index in [0.29, 0.717) is 0 Å². The van der Waals surface area contributed by atoms with Crippen molar-refractivity contribution < 1.29 is 9.13 Å². The lowest BCUT2D eigenvalue weighted by atomic mass is 9.99. The summed E-state index contributed by atoms with van der Waals surface area (Å²) in [6, 6.07) is 13.0. The minimum Gasteiger partial charge on any atom is -0.495 e. The zero-order chi connectivity index (χ0) is 25.9. The Balaban J connectivity index is 1.55. The number of nitrogens with zero attached hydrogens (tertiary/aromatic N) is 5. The molecule has 1 aromatic heterocycles. The van der Waals surface area contributed by atoms with Crippen LogP contribution in [-0.2, 0) is 0 Å². The fraction of sp³-hybridized carbons (Fsp3) is 0.333. The molecule has 1 unspecified atom stereocenters. The van der Waals surface area contributed by atoms with Crippen molar-refractivity contribution in [1.29, 1.82) is 0 Å². The summed E-state index contributed by atoms with van der Waals surface area (Å²) < 4.78 is 21.5. The van der Waals surface area contributed by atoms with Crippen molar-refractivity contribution in [2.24, 2.45) is 4.99 Å². The average molecular weight is 500 g/mol. The van der Waals surface area contributed by atoms with Gasteiger partial charge in [-0.05, 0) is 86.7 Å². The Hall–Kier alpha value is -3.87. The number of piperidine rings is 1. The highest BCUT2D eigenvalue weighted by atomic mass is 19.1. The summed E-state index contributed by atoms with van der Waals surface area (Å²) in [7, 11) is 1.69. The van der Waals surface area contributed by atoms with Gasteiger partial charge in [0.05, 0.1) is 42.2 Å². The quantitative estimate of drug-likeness (QED) is 0.378. The molecule has 192 valence electrons. The van der Waals surface area contributed by atoms with Crippen LogP contribution >= 0.6 is 0 Å². The number of aryl methyl sites for hydroxylation is 1. The van der Waals surface area contributed by atoms with Crippen LogP contribution in [0.2, 0.25) is 0 Å². The van der Waals surface area contributed by atoms with Crippen LogP contribution in [0.4, 0.5) is 10.1 Å². The Morgan fingerprint density at radius 1 is 1.16 bits per heavy atom. The third-order valence-electron chi connectivity index (χ3n) is 6.91. The van der Waals surface area contributed by atoms with Crippen molar-refractivity contribution in [2.75, 3.05) is 18.7 Å². The Labute approximate surface area is 218 Å². The molecular weight excluding hydrogens is 465 g/mol. The molecule has 3 aromatic rings. The molecule has 1 atom stereocenters. The molecule has 1 saturated heterocycles. The second kappa shape index (κ2) is 10.6. The van der Waals surface area contributed by atoms with Gasteiger partial charge in [-0.2, -0.15) is 0 Å². The van der Waals surface area contributed by atoms with Crippen LogP contribution in [0.25, 0.3) is 11.8 Å². The number of imidazole rings is 1. The van der Waals surface area contributed by atoms with Crippen molar-refractivity contribution in [3.8, 4) is 11.4 Å². The maximum absolute atomic E-state index is 13.7. The van der Waals surface area contributed by atoms with Crippen molar-refractivity contribution in [3.63, 3.8) is 0 Å². The van der Waals surface area contributed by atoms with E-state index in [9.17, 15) is 4.39 Å². The SMILES string of the molecule is CCC/C=C1N=C2/C(=C/c3ccc(-n4cnc(C)c4)c(OC)c3)CCCN2N(c2ccc(F)cc2)C/1C. The number of fused-ring (bicyclic) bond motifs is 1. The highest BCUT2D eigenvalue weighted by molar-refractivity contribution is 6.04. The molecule has 0 aliphatic carbocycles. The number of amidine groups is 1. The van der Waals surface area contributed by atoms with Gasteiger partial charge in [-0.15, -0.1) is 0 Å². The molecule has 5 rings (SSSR count). The van der Waals surface area contributed by atoms with E-state index in [1.54, 1.807) is 13.4 Å². The van der Waals surface area contributed by atoms with Crippen molar-refractivity contribution >= 4 is 17.6 Å². The van der Waals surface area contributed by atoms with E-state index < -0.39 is 0 Å². The molecule has 0 spiro atoms. The number of hydrazine groups is 1. The topological polar surface area (TPSA) is 45.9 Å². The van der Waals surface area contributed by atoms with Crippen LogP contribution in [0.5, 0.6) is 5.75 Å². The molecule has 6 nitrogen and oxygen atoms in total. The van der Waals surface area contributed by atoms with Crippen LogP contribution in [0.1, 0.15) is 50.8 Å². The van der Waals surface area contributed by atoms with Gasteiger partial charge in [0.1, 0.15) is 11.6 Å². The predicted octanol–water partition coefficient (Wildman–Crippen LogP) is 6.71. The van der Waals surface area contributed by atoms with Crippen LogP contribution in [0.3, 0.4) is 0 Å². The first kappa shape index (κ1) is 24.8. The number of hydrogen-bond donors (Lipinski definition) is 0. The number of methoxy groups -OCH3 is 1. The summed E-state index contributed by atoms with van der Waals surface area (Å²) in [4.78, 5) is 9.52. The maximum atomic E-state index is 13.7. The van der Waals surface area contributed by atoms with E-state index in [2.05, 4.69) is 59.2 Å². The van der Waals surface area contributed by atoms with Crippen LogP contribution < -0.4 is 9.75 Å². The second-order valence-electron chi connectivity index (χ2n) is 9.60. The lowest BCUT2D eigenvalue weighted by Gasteiger charge is -2.48. The van der Waals surface area contributed by atoms with Gasteiger partial charge in [-0.3, -0.25) is 10.0 Å². The number of benzene rings is 2. The zero-order valence-electron chi connectivity index (χ0n) is 22.0. The van der Waals surface area contributed by atoms with Gasteiger partial charge in [-0.1, -0.05) is 25.5 Å². The fourth-order valence-corrected chi connectivity index (χ4v) is 5.05. The molecule has 2 aliphatic rings. The molecule has 0 bridgehead atoms. The minimum absolute atomic E-state index is 0.0538. The van der Waals surface area contributed by atoms with Gasteiger partial charge in [0.15, 0.2) is 5.84 Å². The average Bonchev–Trinajstić information content (AvgIpc) is 3.34. The molecule has 2 aliphatic heterocycles. The first-order chi connectivity index (χ1) is 18.0. The minimum atomic E-state index is -0.230. The molecule has 0 amide bonds. The lowest BCUT2D eigenvalue weighted by molar-refractivity contribution is 0.327. The highest BCUT2D eigenvalue weighted by Crippen LogP contribution is 2.35. The number of aliphatic imine (C=N–C) groups is 1. The third kappa shape index (κ3) is 5.03. The zero-order valence-corrected chi connectivity index (χ0v) is 22.0. The summed E-state index contributed by atoms with van der Waals surface area (Å²) in [6.45, 7) is 7.18. The van der Waals surface area contributed by atoms with Crippen molar-refractivity contribution in [1.82, 2.24) is 14.6 Å². The van der Waals surface area contributed by atoms with E-state index in [0.717, 1.165) is 72.1 Å². The van der Waals surface area contributed by atoms with Gasteiger partial charge in [0, 0.05) is 12.7 Å². The van der Waals surface area contributed by atoms with E-state index in [4.69, 9.17) is 9.73 Å². The van der Waals surface area contributed by atoms with Crippen LogP contribution in [0, 0.1) is 12.7 Å². The normalized spacial score (nSPS) is 19.8. The van der Waals surface area contributed by atoms with Gasteiger partial charge < -0.3 is 9.30 Å². The van der Waals surface area contributed by atoms with E-state index in [1.807, 2.05) is 29.8 Å². The number of unbranched alkanes of at least 4 members (excludes halogenated alkanes) is 1. The molecule has 0 radical (unpaired) electrons. The van der Waals surface area contributed by atoms with Gasteiger partial charge in [-0.25, -0.2) is 14.4 Å². The predicted molar refractivity (Wildman–Crippen MR) is 148 cm³/mol. The molecule has 37 heavy (non-hydrogen) atoms. The number of ether oxygens (including phenoxy) is 1. The van der Waals surface area contributed by atoms with E-state index in [1.165, 1.54) is 17.7 Å². The number of halogens is 1. The van der Waals surface area contributed by atoms with E-state index in [-0.39, 0.29) is 11.9 Å². The second-order valence-corrected chi connectivity index (χ2v) is 9.60. The van der Waals surface area contributed by atoms with Gasteiger partial charge in [0.2, 0.25) is 0 Å². The maximum Gasteiger partial charge on any atom is 0.150 e. The summed E-state index contributed by atoms with van der Waals surface area (Å²) in [5.41, 5.74) is 6.16. The van der Waals surface area contributed by atoms with Crippen molar-refractivity contribution in [3.05, 3.63) is 89.4 Å². The number of allylic oxidation sites excluding steroid dienone is 1. The summed E-state index contributed by atoms with van der Waals surface area (Å²) >= 11 is 0. The van der Waals surface area contributed by atoms with Crippen LogP contribution in [-0.4, -0.2) is 40.1 Å². The molecule has 1 fully saturated rings. The lowest BCUT2D eigenvalue weighted by Crippen LogP contribution is -2.57. The number of hydrogen-bond acceptors (Lipinski definition) is 5. The monoisotopic (exact) mass is 499 g/mol. The molecule has 0 saturated carbocycles. The Morgan fingerprint density at radius 3 is 2.68 bits per heavy atom. The van der Waals surface area contributed by atoms with Gasteiger partial charge >= 0.3 is 0 Å². The van der Waals surface area contributed by atoms with Gasteiger partial charge in [0.25, 0.3) is 0 Å². The first-order valence-corrected chi connectivity index (χ1v) is 13.0. The molecule has 7 heteroatoms. The largest absolute Gasteiger partial charge is 0.495 e. The number of rotatable bonds is 6. The number of aromatic nitrogens is 2. The van der Waals surface area contributed by atoms with Crippen molar-refractivity contribution in [2.45, 2.75) is 52.5 Å². The Bertz CT molecular complexity index is 1350. The van der Waals surface area contributed by atoms with Crippen LogP contribution in [0.15, 0.2) is 77.3 Å². The number of anilines is 1.